The first kappa shape index (κ1) is 14.2. The van der Waals surface area contributed by atoms with E-state index < -0.39 is 11.9 Å². The van der Waals surface area contributed by atoms with Gasteiger partial charge in [-0.15, -0.1) is 10.2 Å². The number of aromatic nitrogens is 4. The maximum atomic E-state index is 11.5. The monoisotopic (exact) mass is 274 g/mol. The predicted octanol–water partition coefficient (Wildman–Crippen LogP) is 2.20. The number of hydrogen-bond acceptors (Lipinski definition) is 4. The van der Waals surface area contributed by atoms with Crippen molar-refractivity contribution in [2.24, 2.45) is 5.92 Å². The van der Waals surface area contributed by atoms with Crippen molar-refractivity contribution in [1.29, 1.82) is 0 Å². The highest BCUT2D eigenvalue weighted by atomic mass is 16.4. The molecule has 0 amide bonds. The van der Waals surface area contributed by atoms with Gasteiger partial charge in [-0.1, -0.05) is 49.4 Å². The fourth-order valence-electron chi connectivity index (χ4n) is 2.61. The van der Waals surface area contributed by atoms with Crippen molar-refractivity contribution in [2.75, 3.05) is 0 Å². The van der Waals surface area contributed by atoms with Crippen molar-refractivity contribution in [1.82, 2.24) is 20.6 Å². The van der Waals surface area contributed by atoms with Crippen LogP contribution in [0.5, 0.6) is 0 Å². The molecule has 1 heterocycles. The van der Waals surface area contributed by atoms with Gasteiger partial charge in [0.05, 0.1) is 5.92 Å². The molecule has 0 aliphatic rings. The third kappa shape index (κ3) is 2.84. The quantitative estimate of drug-likeness (QED) is 0.842. The topological polar surface area (TPSA) is 91.8 Å². The van der Waals surface area contributed by atoms with E-state index in [0.717, 1.165) is 5.56 Å². The molecule has 2 rings (SSSR count). The highest BCUT2D eigenvalue weighted by Gasteiger charge is 2.35. The largest absolute Gasteiger partial charge is 0.481 e. The van der Waals surface area contributed by atoms with E-state index in [9.17, 15) is 9.90 Å². The lowest BCUT2D eigenvalue weighted by atomic mass is 9.77. The Labute approximate surface area is 117 Å². The van der Waals surface area contributed by atoms with E-state index in [2.05, 4.69) is 20.6 Å². The molecular weight excluding hydrogens is 256 g/mol. The summed E-state index contributed by atoms with van der Waals surface area (Å²) >= 11 is 0. The Balaban J connectivity index is 2.39. The van der Waals surface area contributed by atoms with E-state index in [1.807, 2.05) is 44.2 Å². The Morgan fingerprint density at radius 3 is 2.55 bits per heavy atom. The first-order chi connectivity index (χ1) is 9.65. The van der Waals surface area contributed by atoms with Gasteiger partial charge in [0, 0.05) is 5.92 Å². The molecule has 0 bridgehead atoms. The Hall–Kier alpha value is -2.24. The Morgan fingerprint density at radius 2 is 2.05 bits per heavy atom. The molecule has 0 fully saturated rings. The average molecular weight is 274 g/mol. The third-order valence-corrected chi connectivity index (χ3v) is 3.71. The van der Waals surface area contributed by atoms with Crippen LogP contribution in [0.2, 0.25) is 0 Å². The first-order valence-electron chi connectivity index (χ1n) is 6.66. The molecule has 2 aromatic rings. The van der Waals surface area contributed by atoms with Gasteiger partial charge in [0.1, 0.15) is 0 Å². The molecule has 1 aromatic carbocycles. The summed E-state index contributed by atoms with van der Waals surface area (Å²) in [6.45, 7) is 3.87. The zero-order valence-electron chi connectivity index (χ0n) is 11.5. The third-order valence-electron chi connectivity index (χ3n) is 3.71. The zero-order chi connectivity index (χ0) is 14.5. The highest BCUT2D eigenvalue weighted by molar-refractivity contribution is 5.71. The van der Waals surface area contributed by atoms with E-state index >= 15 is 0 Å². The molecule has 0 aliphatic heterocycles. The lowest BCUT2D eigenvalue weighted by molar-refractivity contribution is -0.143. The van der Waals surface area contributed by atoms with Crippen LogP contribution >= 0.6 is 0 Å². The summed E-state index contributed by atoms with van der Waals surface area (Å²) in [5.41, 5.74) is 1.07. The molecule has 0 radical (unpaired) electrons. The predicted molar refractivity (Wildman–Crippen MR) is 73.2 cm³/mol. The molecule has 1 aromatic heterocycles. The van der Waals surface area contributed by atoms with Crippen LogP contribution in [-0.4, -0.2) is 31.7 Å². The smallest absolute Gasteiger partial charge is 0.307 e. The van der Waals surface area contributed by atoms with E-state index in [-0.39, 0.29) is 11.8 Å². The van der Waals surface area contributed by atoms with Crippen molar-refractivity contribution in [3.05, 3.63) is 41.7 Å². The number of aliphatic carboxylic acids is 1. The fraction of sp³-hybridized carbons (Fsp3) is 0.429. The minimum atomic E-state index is -0.829. The number of nitrogens with zero attached hydrogens (tertiary/aromatic N) is 3. The van der Waals surface area contributed by atoms with Crippen molar-refractivity contribution in [2.45, 2.75) is 32.1 Å². The summed E-state index contributed by atoms with van der Waals surface area (Å²) in [5, 5.41) is 23.4. The molecule has 6 heteroatoms. The van der Waals surface area contributed by atoms with Gasteiger partial charge in [0.2, 0.25) is 0 Å². The van der Waals surface area contributed by atoms with Crippen molar-refractivity contribution in [3.8, 4) is 0 Å². The van der Waals surface area contributed by atoms with Crippen LogP contribution in [0.1, 0.15) is 43.5 Å². The number of tetrazole rings is 1. The lowest BCUT2D eigenvalue weighted by Crippen LogP contribution is -2.26. The van der Waals surface area contributed by atoms with Crippen LogP contribution in [0.25, 0.3) is 0 Å². The van der Waals surface area contributed by atoms with E-state index in [4.69, 9.17) is 0 Å². The second-order valence-electron chi connectivity index (χ2n) is 4.85. The van der Waals surface area contributed by atoms with Gasteiger partial charge in [-0.3, -0.25) is 4.79 Å². The average Bonchev–Trinajstić information content (AvgIpc) is 2.98. The SMILES string of the molecule is CC[C@H](C(=O)O)[C@@H](c1nn[nH]n1)[C@@H](C)c1ccccc1. The molecule has 2 N–H and O–H groups in total. The van der Waals surface area contributed by atoms with Crippen LogP contribution in [0.3, 0.4) is 0 Å². The van der Waals surface area contributed by atoms with Gasteiger partial charge in [0.15, 0.2) is 5.82 Å². The summed E-state index contributed by atoms with van der Waals surface area (Å²) in [6.07, 6.45) is 0.520. The van der Waals surface area contributed by atoms with Crippen LogP contribution in [-0.2, 0) is 4.79 Å². The summed E-state index contributed by atoms with van der Waals surface area (Å²) in [5.74, 6) is -1.23. The zero-order valence-corrected chi connectivity index (χ0v) is 11.5. The van der Waals surface area contributed by atoms with Crippen molar-refractivity contribution >= 4 is 5.97 Å². The maximum absolute atomic E-state index is 11.5. The molecule has 0 saturated heterocycles. The number of carboxylic acids is 1. The van der Waals surface area contributed by atoms with Crippen molar-refractivity contribution < 1.29 is 9.90 Å². The molecular formula is C14H18N4O2. The van der Waals surface area contributed by atoms with Crippen LogP contribution in [0, 0.1) is 5.92 Å². The van der Waals surface area contributed by atoms with Gasteiger partial charge in [-0.25, -0.2) is 0 Å². The summed E-state index contributed by atoms with van der Waals surface area (Å²) in [6, 6.07) is 9.81. The Kier molecular flexibility index (Phi) is 4.45. The lowest BCUT2D eigenvalue weighted by Gasteiger charge is -2.26. The number of hydrogen-bond donors (Lipinski definition) is 2. The Bertz CT molecular complexity index is 542. The molecule has 0 unspecified atom stereocenters. The van der Waals surface area contributed by atoms with Gasteiger partial charge in [-0.05, 0) is 17.9 Å². The summed E-state index contributed by atoms with van der Waals surface area (Å²) in [7, 11) is 0. The molecule has 106 valence electrons. The van der Waals surface area contributed by atoms with E-state index in [1.165, 1.54) is 0 Å². The number of benzene rings is 1. The molecule has 0 saturated carbocycles. The number of carbonyl (C=O) groups is 1. The second-order valence-corrected chi connectivity index (χ2v) is 4.85. The minimum absolute atomic E-state index is 0.00477. The molecule has 0 spiro atoms. The van der Waals surface area contributed by atoms with Gasteiger partial charge in [0.25, 0.3) is 0 Å². The Morgan fingerprint density at radius 1 is 1.35 bits per heavy atom. The normalized spacial score (nSPS) is 15.5. The second kappa shape index (κ2) is 6.27. The number of aromatic amines is 1. The number of nitrogens with one attached hydrogen (secondary N) is 1. The number of rotatable bonds is 6. The number of carboxylic acid groups (broad SMARTS) is 1. The fourth-order valence-corrected chi connectivity index (χ4v) is 2.61. The number of H-pyrrole nitrogens is 1. The first-order valence-corrected chi connectivity index (χ1v) is 6.66. The molecule has 3 atom stereocenters. The van der Waals surface area contributed by atoms with E-state index in [1.54, 1.807) is 0 Å². The molecule has 20 heavy (non-hydrogen) atoms. The van der Waals surface area contributed by atoms with E-state index in [0.29, 0.717) is 12.2 Å². The standard InChI is InChI=1S/C14H18N4O2/c1-3-11(14(19)20)12(13-15-17-18-16-13)9(2)10-7-5-4-6-8-10/h4-9,11-12H,3H2,1-2H3,(H,19,20)(H,15,16,17,18)/t9-,11-,12-/m0/s1. The minimum Gasteiger partial charge on any atom is -0.481 e. The van der Waals surface area contributed by atoms with Crippen LogP contribution in [0.4, 0.5) is 0 Å². The summed E-state index contributed by atoms with van der Waals surface area (Å²) in [4.78, 5) is 11.5. The molecule has 0 aliphatic carbocycles. The maximum Gasteiger partial charge on any atom is 0.307 e. The highest BCUT2D eigenvalue weighted by Crippen LogP contribution is 2.38. The van der Waals surface area contributed by atoms with Crippen molar-refractivity contribution in [3.63, 3.8) is 0 Å². The summed E-state index contributed by atoms with van der Waals surface area (Å²) < 4.78 is 0. The van der Waals surface area contributed by atoms with Crippen LogP contribution in [0.15, 0.2) is 30.3 Å². The molecule has 6 nitrogen and oxygen atoms in total. The van der Waals surface area contributed by atoms with Gasteiger partial charge >= 0.3 is 5.97 Å². The van der Waals surface area contributed by atoms with Crippen LogP contribution < -0.4 is 0 Å². The van der Waals surface area contributed by atoms with Gasteiger partial charge in [-0.2, -0.15) is 5.21 Å². The van der Waals surface area contributed by atoms with Gasteiger partial charge < -0.3 is 5.11 Å².